The highest BCUT2D eigenvalue weighted by Crippen LogP contribution is 2.23. The number of ether oxygens (including phenoxy) is 1. The van der Waals surface area contributed by atoms with E-state index in [4.69, 9.17) is 10.5 Å². The van der Waals surface area contributed by atoms with Gasteiger partial charge in [0.15, 0.2) is 0 Å². The first-order chi connectivity index (χ1) is 6.76. The van der Waals surface area contributed by atoms with Crippen molar-refractivity contribution in [1.82, 2.24) is 10.2 Å². The number of nitrogens with one attached hydrogen (secondary N) is 1. The molecule has 2 saturated heterocycles. The van der Waals surface area contributed by atoms with Crippen LogP contribution in [0.15, 0.2) is 0 Å². The Morgan fingerprint density at radius 3 is 2.64 bits per heavy atom. The predicted molar refractivity (Wildman–Crippen MR) is 51.8 cm³/mol. The van der Waals surface area contributed by atoms with Crippen LogP contribution in [0.1, 0.15) is 6.42 Å². The van der Waals surface area contributed by atoms with Crippen LogP contribution in [0.4, 0.5) is 0 Å². The zero-order valence-electron chi connectivity index (χ0n) is 8.29. The van der Waals surface area contributed by atoms with E-state index in [9.17, 15) is 4.79 Å². The fourth-order valence-electron chi connectivity index (χ4n) is 2.31. The van der Waals surface area contributed by atoms with Crippen LogP contribution < -0.4 is 11.1 Å². The molecule has 1 amide bonds. The number of carbonyl (C=O) groups excluding carboxylic acids is 1. The van der Waals surface area contributed by atoms with Gasteiger partial charge in [-0.2, -0.15) is 0 Å². The Kier molecular flexibility index (Phi) is 2.71. The number of rotatable bonds is 2. The molecule has 0 aliphatic carbocycles. The molecule has 2 aliphatic rings. The smallest absolute Gasteiger partial charge is 0.239 e. The van der Waals surface area contributed by atoms with Gasteiger partial charge in [-0.05, 0) is 13.0 Å². The lowest BCUT2D eigenvalue weighted by atomic mass is 9.94. The van der Waals surface area contributed by atoms with E-state index in [-0.39, 0.29) is 5.91 Å². The van der Waals surface area contributed by atoms with E-state index < -0.39 is 5.54 Å². The minimum Gasteiger partial charge on any atom is -0.379 e. The van der Waals surface area contributed by atoms with E-state index in [1.165, 1.54) is 0 Å². The summed E-state index contributed by atoms with van der Waals surface area (Å²) in [5.41, 5.74) is 5.05. The van der Waals surface area contributed by atoms with Crippen LogP contribution in [0.25, 0.3) is 0 Å². The lowest BCUT2D eigenvalue weighted by Gasteiger charge is -2.40. The van der Waals surface area contributed by atoms with Crippen LogP contribution in [0.2, 0.25) is 0 Å². The van der Waals surface area contributed by atoms with Crippen molar-refractivity contribution in [2.75, 3.05) is 39.4 Å². The van der Waals surface area contributed by atoms with E-state index in [0.29, 0.717) is 19.8 Å². The standard InChI is InChI=1S/C9H17N3O2/c10-8(13)9(1-2-11-7-9)12-3-5-14-6-4-12/h11H,1-7H2,(H2,10,13). The molecular weight excluding hydrogens is 182 g/mol. The molecule has 2 fully saturated rings. The molecule has 5 nitrogen and oxygen atoms in total. The molecule has 1 atom stereocenters. The third-order valence-electron chi connectivity index (χ3n) is 3.21. The van der Waals surface area contributed by atoms with Gasteiger partial charge in [-0.15, -0.1) is 0 Å². The van der Waals surface area contributed by atoms with E-state index in [0.717, 1.165) is 26.1 Å². The average Bonchev–Trinajstić information content (AvgIpc) is 2.69. The highest BCUT2D eigenvalue weighted by Gasteiger charge is 2.45. The molecule has 3 N–H and O–H groups in total. The average molecular weight is 199 g/mol. The van der Waals surface area contributed by atoms with Gasteiger partial charge in [-0.25, -0.2) is 0 Å². The first-order valence-electron chi connectivity index (χ1n) is 5.09. The zero-order chi connectivity index (χ0) is 10.0. The topological polar surface area (TPSA) is 67.6 Å². The minimum absolute atomic E-state index is 0.204. The van der Waals surface area contributed by atoms with Crippen LogP contribution in [-0.4, -0.2) is 55.7 Å². The second-order valence-corrected chi connectivity index (χ2v) is 3.92. The number of carbonyl (C=O) groups is 1. The van der Waals surface area contributed by atoms with Crippen molar-refractivity contribution in [2.24, 2.45) is 5.73 Å². The summed E-state index contributed by atoms with van der Waals surface area (Å²) in [6.45, 7) is 4.59. The Hall–Kier alpha value is -0.650. The number of amides is 1. The number of hydrogen-bond donors (Lipinski definition) is 2. The van der Waals surface area contributed by atoms with Gasteiger partial charge in [-0.3, -0.25) is 9.69 Å². The van der Waals surface area contributed by atoms with E-state index in [1.54, 1.807) is 0 Å². The van der Waals surface area contributed by atoms with E-state index in [2.05, 4.69) is 10.2 Å². The van der Waals surface area contributed by atoms with Crippen molar-refractivity contribution < 1.29 is 9.53 Å². The summed E-state index contributed by atoms with van der Waals surface area (Å²) in [6, 6.07) is 0. The molecule has 5 heteroatoms. The van der Waals surface area contributed by atoms with Gasteiger partial charge >= 0.3 is 0 Å². The SMILES string of the molecule is NC(=O)C1(N2CCOCC2)CCNC1. The van der Waals surface area contributed by atoms with E-state index >= 15 is 0 Å². The minimum atomic E-state index is -0.455. The molecule has 2 heterocycles. The molecule has 0 aromatic carbocycles. The first kappa shape index (κ1) is 9.89. The molecule has 0 saturated carbocycles. The third kappa shape index (κ3) is 1.51. The Morgan fingerprint density at radius 1 is 1.43 bits per heavy atom. The Labute approximate surface area is 83.6 Å². The lowest BCUT2D eigenvalue weighted by Crippen LogP contribution is -2.61. The van der Waals surface area contributed by atoms with Crippen molar-refractivity contribution in [3.63, 3.8) is 0 Å². The fraction of sp³-hybridized carbons (Fsp3) is 0.889. The quantitative estimate of drug-likeness (QED) is 0.570. The summed E-state index contributed by atoms with van der Waals surface area (Å²) in [6.07, 6.45) is 0.822. The number of morpholine rings is 1. The predicted octanol–water partition coefficient (Wildman–Crippen LogP) is -1.46. The van der Waals surface area contributed by atoms with Gasteiger partial charge in [0.2, 0.25) is 5.91 Å². The second-order valence-electron chi connectivity index (χ2n) is 3.92. The molecule has 14 heavy (non-hydrogen) atoms. The van der Waals surface area contributed by atoms with Crippen molar-refractivity contribution in [3.8, 4) is 0 Å². The molecule has 2 rings (SSSR count). The van der Waals surface area contributed by atoms with Crippen molar-refractivity contribution in [1.29, 1.82) is 0 Å². The highest BCUT2D eigenvalue weighted by molar-refractivity contribution is 5.85. The monoisotopic (exact) mass is 199 g/mol. The number of nitrogens with two attached hydrogens (primary N) is 1. The molecule has 0 aromatic rings. The van der Waals surface area contributed by atoms with Gasteiger partial charge in [0.05, 0.1) is 13.2 Å². The van der Waals surface area contributed by atoms with Crippen LogP contribution in [0, 0.1) is 0 Å². The van der Waals surface area contributed by atoms with Crippen LogP contribution in [0.3, 0.4) is 0 Å². The third-order valence-corrected chi connectivity index (χ3v) is 3.21. The van der Waals surface area contributed by atoms with Gasteiger partial charge in [0.1, 0.15) is 5.54 Å². The zero-order valence-corrected chi connectivity index (χ0v) is 8.29. The van der Waals surface area contributed by atoms with Gasteiger partial charge in [-0.1, -0.05) is 0 Å². The van der Waals surface area contributed by atoms with Gasteiger partial charge < -0.3 is 15.8 Å². The molecule has 80 valence electrons. The van der Waals surface area contributed by atoms with E-state index in [1.807, 2.05) is 0 Å². The lowest BCUT2D eigenvalue weighted by molar-refractivity contribution is -0.132. The second kappa shape index (κ2) is 3.84. The largest absolute Gasteiger partial charge is 0.379 e. The normalized spacial score (nSPS) is 34.6. The number of primary amides is 1. The van der Waals surface area contributed by atoms with Gasteiger partial charge in [0, 0.05) is 19.6 Å². The molecule has 0 bridgehead atoms. The van der Waals surface area contributed by atoms with Crippen LogP contribution in [0.5, 0.6) is 0 Å². The van der Waals surface area contributed by atoms with Crippen molar-refractivity contribution in [3.05, 3.63) is 0 Å². The molecule has 0 radical (unpaired) electrons. The van der Waals surface area contributed by atoms with Gasteiger partial charge in [0.25, 0.3) is 0 Å². The molecule has 0 aromatic heterocycles. The maximum absolute atomic E-state index is 11.5. The summed E-state index contributed by atoms with van der Waals surface area (Å²) in [5.74, 6) is -0.204. The molecule has 0 spiro atoms. The summed E-state index contributed by atoms with van der Waals surface area (Å²) in [7, 11) is 0. The summed E-state index contributed by atoms with van der Waals surface area (Å²) in [4.78, 5) is 13.7. The summed E-state index contributed by atoms with van der Waals surface area (Å²) in [5, 5.41) is 3.21. The maximum atomic E-state index is 11.5. The summed E-state index contributed by atoms with van der Waals surface area (Å²) >= 11 is 0. The molecular formula is C9H17N3O2. The fourth-order valence-corrected chi connectivity index (χ4v) is 2.31. The van der Waals surface area contributed by atoms with Crippen molar-refractivity contribution in [2.45, 2.75) is 12.0 Å². The number of nitrogens with zero attached hydrogens (tertiary/aromatic N) is 1. The Bertz CT molecular complexity index is 220. The highest BCUT2D eigenvalue weighted by atomic mass is 16.5. The number of hydrogen-bond acceptors (Lipinski definition) is 4. The van der Waals surface area contributed by atoms with Crippen molar-refractivity contribution >= 4 is 5.91 Å². The first-order valence-corrected chi connectivity index (χ1v) is 5.09. The Morgan fingerprint density at radius 2 is 2.14 bits per heavy atom. The van der Waals surface area contributed by atoms with Crippen LogP contribution in [-0.2, 0) is 9.53 Å². The maximum Gasteiger partial charge on any atom is 0.239 e. The Balaban J connectivity index is 2.12. The van der Waals surface area contributed by atoms with Crippen LogP contribution >= 0.6 is 0 Å². The molecule has 1 unspecified atom stereocenters. The summed E-state index contributed by atoms with van der Waals surface area (Å²) < 4.78 is 5.27. The molecule has 2 aliphatic heterocycles.